The highest BCUT2D eigenvalue weighted by Crippen LogP contribution is 2.21. The lowest BCUT2D eigenvalue weighted by Crippen LogP contribution is -2.30. The molecule has 0 radical (unpaired) electrons. The third-order valence-electron chi connectivity index (χ3n) is 2.34. The Bertz CT molecular complexity index is 460. The molecule has 5 heteroatoms. The molecule has 1 aliphatic carbocycles. The molecule has 0 atom stereocenters. The van der Waals surface area contributed by atoms with Gasteiger partial charge >= 0.3 is 6.03 Å². The van der Waals surface area contributed by atoms with Crippen molar-refractivity contribution in [3.63, 3.8) is 0 Å². The van der Waals surface area contributed by atoms with Gasteiger partial charge in [-0.3, -0.25) is 0 Å². The SMILES string of the molecule is N#Cc1ccc(NC(=O)NC2CC2)c(N)c1. The van der Waals surface area contributed by atoms with E-state index >= 15 is 0 Å². The molecule has 0 aromatic heterocycles. The third kappa shape index (κ3) is 2.42. The van der Waals surface area contributed by atoms with Crippen LogP contribution < -0.4 is 16.4 Å². The monoisotopic (exact) mass is 216 g/mol. The van der Waals surface area contributed by atoms with Crippen LogP contribution in [0.25, 0.3) is 0 Å². The van der Waals surface area contributed by atoms with Gasteiger partial charge in [0.05, 0.1) is 23.0 Å². The molecule has 0 unspecified atom stereocenters. The number of nitrogens with one attached hydrogen (secondary N) is 2. The van der Waals surface area contributed by atoms with Gasteiger partial charge in [-0.05, 0) is 31.0 Å². The maximum atomic E-state index is 11.4. The van der Waals surface area contributed by atoms with Crippen LogP contribution in [0.5, 0.6) is 0 Å². The average Bonchev–Trinajstić information content (AvgIpc) is 3.05. The van der Waals surface area contributed by atoms with Crippen LogP contribution >= 0.6 is 0 Å². The van der Waals surface area contributed by atoms with Gasteiger partial charge in [-0.25, -0.2) is 4.79 Å². The molecule has 0 aliphatic heterocycles. The summed E-state index contributed by atoms with van der Waals surface area (Å²) in [6, 6.07) is 6.81. The number of amides is 2. The number of hydrogen-bond acceptors (Lipinski definition) is 3. The standard InChI is InChI=1S/C11H12N4O/c12-6-7-1-4-10(9(13)5-7)15-11(16)14-8-2-3-8/h1,4-5,8H,2-3,13H2,(H2,14,15,16). The van der Waals surface area contributed by atoms with Crippen LogP contribution in [-0.4, -0.2) is 12.1 Å². The third-order valence-corrected chi connectivity index (χ3v) is 2.34. The molecule has 0 bridgehead atoms. The lowest BCUT2D eigenvalue weighted by molar-refractivity contribution is 0.251. The molecule has 0 saturated heterocycles. The fourth-order valence-corrected chi connectivity index (χ4v) is 1.32. The van der Waals surface area contributed by atoms with E-state index in [1.807, 2.05) is 6.07 Å². The van der Waals surface area contributed by atoms with E-state index < -0.39 is 0 Å². The van der Waals surface area contributed by atoms with E-state index in [2.05, 4.69) is 10.6 Å². The highest BCUT2D eigenvalue weighted by molar-refractivity contribution is 5.93. The minimum atomic E-state index is -0.251. The molecule has 5 nitrogen and oxygen atoms in total. The first-order valence-corrected chi connectivity index (χ1v) is 5.06. The Hall–Kier alpha value is -2.22. The lowest BCUT2D eigenvalue weighted by Gasteiger charge is -2.08. The molecular weight excluding hydrogens is 204 g/mol. The number of nitriles is 1. The molecule has 82 valence electrons. The van der Waals surface area contributed by atoms with Crippen molar-refractivity contribution < 1.29 is 4.79 Å². The largest absolute Gasteiger partial charge is 0.397 e. The summed E-state index contributed by atoms with van der Waals surface area (Å²) < 4.78 is 0. The Balaban J connectivity index is 2.03. The fourth-order valence-electron chi connectivity index (χ4n) is 1.32. The van der Waals surface area contributed by atoms with Crippen molar-refractivity contribution in [2.75, 3.05) is 11.1 Å². The highest BCUT2D eigenvalue weighted by atomic mass is 16.2. The van der Waals surface area contributed by atoms with Crippen molar-refractivity contribution in [2.24, 2.45) is 0 Å². The highest BCUT2D eigenvalue weighted by Gasteiger charge is 2.23. The van der Waals surface area contributed by atoms with Crippen molar-refractivity contribution in [1.29, 1.82) is 5.26 Å². The van der Waals surface area contributed by atoms with Gasteiger partial charge in [0.25, 0.3) is 0 Å². The van der Waals surface area contributed by atoms with Gasteiger partial charge in [-0.2, -0.15) is 5.26 Å². The van der Waals surface area contributed by atoms with E-state index in [1.165, 1.54) is 6.07 Å². The molecule has 2 rings (SSSR count). The summed E-state index contributed by atoms with van der Waals surface area (Å²) in [6.45, 7) is 0. The lowest BCUT2D eigenvalue weighted by atomic mass is 10.2. The fraction of sp³-hybridized carbons (Fsp3) is 0.273. The Morgan fingerprint density at radius 3 is 2.81 bits per heavy atom. The number of benzene rings is 1. The maximum Gasteiger partial charge on any atom is 0.319 e. The van der Waals surface area contributed by atoms with Gasteiger partial charge in [0.1, 0.15) is 0 Å². The zero-order chi connectivity index (χ0) is 11.5. The summed E-state index contributed by atoms with van der Waals surface area (Å²) >= 11 is 0. The van der Waals surface area contributed by atoms with E-state index in [0.29, 0.717) is 23.0 Å². The number of carbonyl (C=O) groups is 1. The molecule has 1 aromatic rings. The van der Waals surface area contributed by atoms with Crippen molar-refractivity contribution in [2.45, 2.75) is 18.9 Å². The Morgan fingerprint density at radius 1 is 1.50 bits per heavy atom. The topological polar surface area (TPSA) is 90.9 Å². The number of nitrogens with zero attached hydrogens (tertiary/aromatic N) is 1. The second-order valence-corrected chi connectivity index (χ2v) is 3.79. The molecular formula is C11H12N4O. The smallest absolute Gasteiger partial charge is 0.319 e. The van der Waals surface area contributed by atoms with Crippen LogP contribution in [0.4, 0.5) is 16.2 Å². The second kappa shape index (κ2) is 4.11. The predicted molar refractivity (Wildman–Crippen MR) is 60.7 cm³/mol. The Morgan fingerprint density at radius 2 is 2.25 bits per heavy atom. The number of anilines is 2. The van der Waals surface area contributed by atoms with E-state index in [4.69, 9.17) is 11.0 Å². The van der Waals surface area contributed by atoms with E-state index in [-0.39, 0.29) is 6.03 Å². The van der Waals surface area contributed by atoms with E-state index in [9.17, 15) is 4.79 Å². The van der Waals surface area contributed by atoms with Gasteiger partial charge < -0.3 is 16.4 Å². The van der Waals surface area contributed by atoms with Crippen LogP contribution in [0.2, 0.25) is 0 Å². The maximum absolute atomic E-state index is 11.4. The Labute approximate surface area is 93.2 Å². The summed E-state index contributed by atoms with van der Waals surface area (Å²) in [5.41, 5.74) is 7.09. The molecule has 1 aromatic carbocycles. The van der Waals surface area contributed by atoms with Crippen molar-refractivity contribution in [1.82, 2.24) is 5.32 Å². The first-order chi connectivity index (χ1) is 7.69. The van der Waals surface area contributed by atoms with Gasteiger partial charge in [0.15, 0.2) is 0 Å². The summed E-state index contributed by atoms with van der Waals surface area (Å²) in [5, 5.41) is 14.1. The second-order valence-electron chi connectivity index (χ2n) is 3.79. The van der Waals surface area contributed by atoms with Gasteiger partial charge in [-0.15, -0.1) is 0 Å². The summed E-state index contributed by atoms with van der Waals surface area (Å²) in [7, 11) is 0. The summed E-state index contributed by atoms with van der Waals surface area (Å²) in [5.74, 6) is 0. The number of urea groups is 1. The molecule has 1 saturated carbocycles. The molecule has 0 heterocycles. The minimum Gasteiger partial charge on any atom is -0.397 e. The number of rotatable bonds is 2. The molecule has 1 aliphatic rings. The number of carbonyl (C=O) groups excluding carboxylic acids is 1. The zero-order valence-corrected chi connectivity index (χ0v) is 8.66. The van der Waals surface area contributed by atoms with Crippen LogP contribution in [0.1, 0.15) is 18.4 Å². The number of nitrogens with two attached hydrogens (primary N) is 1. The van der Waals surface area contributed by atoms with Crippen LogP contribution in [0.15, 0.2) is 18.2 Å². The molecule has 16 heavy (non-hydrogen) atoms. The molecule has 1 fully saturated rings. The summed E-state index contributed by atoms with van der Waals surface area (Å²) in [4.78, 5) is 11.4. The molecule has 2 amide bonds. The predicted octanol–water partition coefficient (Wildman–Crippen LogP) is 1.42. The van der Waals surface area contributed by atoms with Gasteiger partial charge in [0, 0.05) is 6.04 Å². The van der Waals surface area contributed by atoms with Gasteiger partial charge in [-0.1, -0.05) is 0 Å². The van der Waals surface area contributed by atoms with Crippen molar-refractivity contribution >= 4 is 17.4 Å². The quantitative estimate of drug-likeness (QED) is 0.653. The first kappa shape index (κ1) is 10.3. The first-order valence-electron chi connectivity index (χ1n) is 5.06. The van der Waals surface area contributed by atoms with Crippen LogP contribution in [0.3, 0.4) is 0 Å². The van der Waals surface area contributed by atoms with E-state index in [0.717, 1.165) is 12.8 Å². The number of nitrogen functional groups attached to an aromatic ring is 1. The van der Waals surface area contributed by atoms with Crippen LogP contribution in [-0.2, 0) is 0 Å². The zero-order valence-electron chi connectivity index (χ0n) is 8.66. The molecule has 4 N–H and O–H groups in total. The van der Waals surface area contributed by atoms with Crippen molar-refractivity contribution in [3.05, 3.63) is 23.8 Å². The van der Waals surface area contributed by atoms with Crippen LogP contribution in [0, 0.1) is 11.3 Å². The normalized spacial score (nSPS) is 13.9. The summed E-state index contributed by atoms with van der Waals surface area (Å²) in [6.07, 6.45) is 2.08. The molecule has 0 spiro atoms. The minimum absolute atomic E-state index is 0.251. The van der Waals surface area contributed by atoms with E-state index in [1.54, 1.807) is 12.1 Å². The van der Waals surface area contributed by atoms with Gasteiger partial charge in [0.2, 0.25) is 0 Å². The average molecular weight is 216 g/mol. The Kier molecular flexibility index (Phi) is 2.64. The van der Waals surface area contributed by atoms with Crippen molar-refractivity contribution in [3.8, 4) is 6.07 Å². The number of hydrogen-bond donors (Lipinski definition) is 3.